The topological polar surface area (TPSA) is 41.6 Å². The lowest BCUT2D eigenvalue weighted by Gasteiger charge is -2.15. The molecule has 238 valence electrons. The molecular formula is C48H31N3. The Kier molecular flexibility index (Phi) is 7.54. The minimum absolute atomic E-state index is 0.636. The van der Waals surface area contributed by atoms with Crippen LogP contribution in [0.2, 0.25) is 0 Å². The number of hydrogen-bond acceptors (Lipinski definition) is 2. The molecule has 0 bridgehead atoms. The van der Waals surface area contributed by atoms with Crippen LogP contribution in [0, 0.1) is 11.3 Å². The number of benzene rings is 7. The molecule has 0 aliphatic carbocycles. The summed E-state index contributed by atoms with van der Waals surface area (Å²) >= 11 is 0. The van der Waals surface area contributed by atoms with Gasteiger partial charge in [0, 0.05) is 27.6 Å². The average Bonchev–Trinajstić information content (AvgIpc) is 3.54. The number of aromatic nitrogens is 2. The fourth-order valence-corrected chi connectivity index (χ4v) is 7.07. The van der Waals surface area contributed by atoms with Crippen LogP contribution in [0.5, 0.6) is 0 Å². The normalized spacial score (nSPS) is 11.1. The fraction of sp³-hybridized carbons (Fsp3) is 0. The summed E-state index contributed by atoms with van der Waals surface area (Å²) < 4.78 is 2.40. The summed E-state index contributed by atoms with van der Waals surface area (Å²) in [6.07, 6.45) is 0. The zero-order valence-electron chi connectivity index (χ0n) is 27.7. The van der Waals surface area contributed by atoms with Gasteiger partial charge in [0.25, 0.3) is 0 Å². The van der Waals surface area contributed by atoms with Gasteiger partial charge in [-0.1, -0.05) is 133 Å². The third kappa shape index (κ3) is 5.65. The number of rotatable bonds is 6. The molecule has 0 aliphatic rings. The minimum atomic E-state index is 0.636. The van der Waals surface area contributed by atoms with Gasteiger partial charge in [-0.15, -0.1) is 0 Å². The van der Waals surface area contributed by atoms with Crippen molar-refractivity contribution in [3.63, 3.8) is 0 Å². The van der Waals surface area contributed by atoms with Crippen molar-refractivity contribution in [3.8, 4) is 67.7 Å². The van der Waals surface area contributed by atoms with Crippen LogP contribution < -0.4 is 0 Å². The van der Waals surface area contributed by atoms with Crippen molar-refractivity contribution in [2.75, 3.05) is 0 Å². The van der Waals surface area contributed by atoms with E-state index in [0.29, 0.717) is 5.56 Å². The van der Waals surface area contributed by atoms with Crippen LogP contribution in [-0.2, 0) is 0 Å². The van der Waals surface area contributed by atoms with Gasteiger partial charge < -0.3 is 4.57 Å². The van der Waals surface area contributed by atoms with E-state index in [0.717, 1.165) is 61.5 Å². The Labute approximate surface area is 297 Å². The third-order valence-electron chi connectivity index (χ3n) is 9.62. The largest absolute Gasteiger partial charge is 0.309 e. The van der Waals surface area contributed by atoms with Crippen molar-refractivity contribution in [1.82, 2.24) is 9.55 Å². The number of fused-ring (bicyclic) bond motifs is 3. The number of pyridine rings is 1. The Bertz CT molecular complexity index is 2620. The molecular weight excluding hydrogens is 619 g/mol. The Morgan fingerprint density at radius 1 is 0.373 bits per heavy atom. The summed E-state index contributed by atoms with van der Waals surface area (Å²) in [5, 5.41) is 11.9. The molecule has 0 N–H and O–H groups in total. The molecule has 0 unspecified atom stereocenters. The standard InChI is InChI=1S/C48H31N3/c49-32-33-19-21-36(22-20-33)40-27-41(46-18-10-17-45(50-46)37-15-8-3-9-16-37)29-42(28-40)51-47-30-38(34-11-4-1-5-12-34)23-25-43(47)44-26-24-39(31-48(44)51)35-13-6-2-7-14-35/h1-31H. The van der Waals surface area contributed by atoms with Gasteiger partial charge in [0.1, 0.15) is 0 Å². The van der Waals surface area contributed by atoms with E-state index in [9.17, 15) is 5.26 Å². The lowest BCUT2D eigenvalue weighted by molar-refractivity contribution is 1.18. The molecule has 7 aromatic carbocycles. The lowest BCUT2D eigenvalue weighted by Crippen LogP contribution is -1.97. The molecule has 0 spiro atoms. The van der Waals surface area contributed by atoms with Crippen LogP contribution in [0.25, 0.3) is 83.4 Å². The van der Waals surface area contributed by atoms with Gasteiger partial charge in [-0.25, -0.2) is 4.98 Å². The molecule has 2 heterocycles. The third-order valence-corrected chi connectivity index (χ3v) is 9.62. The first-order valence-corrected chi connectivity index (χ1v) is 17.1. The predicted octanol–water partition coefficient (Wildman–Crippen LogP) is 12.4. The summed E-state index contributed by atoms with van der Waals surface area (Å²) in [5.41, 5.74) is 14.6. The first-order chi connectivity index (χ1) is 25.2. The average molecular weight is 650 g/mol. The molecule has 0 saturated heterocycles. The van der Waals surface area contributed by atoms with Crippen molar-refractivity contribution in [2.24, 2.45) is 0 Å². The summed E-state index contributed by atoms with van der Waals surface area (Å²) in [6.45, 7) is 0. The summed E-state index contributed by atoms with van der Waals surface area (Å²) in [7, 11) is 0. The summed E-state index contributed by atoms with van der Waals surface area (Å²) in [5.74, 6) is 0. The Morgan fingerprint density at radius 2 is 0.843 bits per heavy atom. The second-order valence-electron chi connectivity index (χ2n) is 12.8. The van der Waals surface area contributed by atoms with Gasteiger partial charge in [0.05, 0.1) is 34.1 Å². The van der Waals surface area contributed by atoms with Crippen LogP contribution in [-0.4, -0.2) is 9.55 Å². The lowest BCUT2D eigenvalue weighted by atomic mass is 9.98. The number of nitriles is 1. The van der Waals surface area contributed by atoms with E-state index in [-0.39, 0.29) is 0 Å². The van der Waals surface area contributed by atoms with Gasteiger partial charge in [-0.3, -0.25) is 0 Å². The highest BCUT2D eigenvalue weighted by atomic mass is 15.0. The molecule has 0 saturated carbocycles. The first kappa shape index (κ1) is 30.1. The van der Waals surface area contributed by atoms with Gasteiger partial charge >= 0.3 is 0 Å². The van der Waals surface area contributed by atoms with E-state index in [2.05, 4.69) is 156 Å². The minimum Gasteiger partial charge on any atom is -0.309 e. The quantitative estimate of drug-likeness (QED) is 0.180. The van der Waals surface area contributed by atoms with Gasteiger partial charge in [0.2, 0.25) is 0 Å². The molecule has 0 fully saturated rings. The SMILES string of the molecule is N#Cc1ccc(-c2cc(-c3cccc(-c4ccccc4)n3)cc(-n3c4cc(-c5ccccc5)ccc4c4ccc(-c5ccccc5)cc43)c2)cc1. The molecule has 0 aliphatic heterocycles. The van der Waals surface area contributed by atoms with Crippen molar-refractivity contribution in [3.05, 3.63) is 194 Å². The molecule has 3 heteroatoms. The highest BCUT2D eigenvalue weighted by Crippen LogP contribution is 2.39. The van der Waals surface area contributed by atoms with Crippen LogP contribution in [0.1, 0.15) is 5.56 Å². The van der Waals surface area contributed by atoms with Gasteiger partial charge in [-0.2, -0.15) is 5.26 Å². The van der Waals surface area contributed by atoms with E-state index in [4.69, 9.17) is 4.98 Å². The Morgan fingerprint density at radius 3 is 1.39 bits per heavy atom. The molecule has 0 radical (unpaired) electrons. The van der Waals surface area contributed by atoms with E-state index in [1.807, 2.05) is 42.5 Å². The molecule has 9 rings (SSSR count). The maximum Gasteiger partial charge on any atom is 0.0991 e. The van der Waals surface area contributed by atoms with Crippen LogP contribution in [0.4, 0.5) is 0 Å². The molecule has 2 aromatic heterocycles. The highest BCUT2D eigenvalue weighted by molar-refractivity contribution is 6.11. The maximum absolute atomic E-state index is 9.53. The van der Waals surface area contributed by atoms with E-state index >= 15 is 0 Å². The van der Waals surface area contributed by atoms with E-state index in [1.54, 1.807) is 0 Å². The zero-order valence-corrected chi connectivity index (χ0v) is 27.7. The maximum atomic E-state index is 9.53. The molecule has 0 amide bonds. The van der Waals surface area contributed by atoms with E-state index in [1.165, 1.54) is 21.9 Å². The molecule has 0 atom stereocenters. The van der Waals surface area contributed by atoms with Crippen LogP contribution in [0.3, 0.4) is 0 Å². The summed E-state index contributed by atoms with van der Waals surface area (Å²) in [4.78, 5) is 5.18. The monoisotopic (exact) mass is 649 g/mol. The molecule has 9 aromatic rings. The predicted molar refractivity (Wildman–Crippen MR) is 210 cm³/mol. The first-order valence-electron chi connectivity index (χ1n) is 17.1. The Balaban J connectivity index is 1.33. The van der Waals surface area contributed by atoms with Crippen LogP contribution in [0.15, 0.2) is 188 Å². The van der Waals surface area contributed by atoms with Crippen molar-refractivity contribution >= 4 is 21.8 Å². The highest BCUT2D eigenvalue weighted by Gasteiger charge is 2.17. The van der Waals surface area contributed by atoms with E-state index < -0.39 is 0 Å². The zero-order chi connectivity index (χ0) is 34.1. The smallest absolute Gasteiger partial charge is 0.0991 e. The van der Waals surface area contributed by atoms with Gasteiger partial charge in [0.15, 0.2) is 0 Å². The van der Waals surface area contributed by atoms with Crippen LogP contribution >= 0.6 is 0 Å². The summed E-state index contributed by atoms with van der Waals surface area (Å²) in [6, 6.07) is 68.1. The van der Waals surface area contributed by atoms with Crippen molar-refractivity contribution in [1.29, 1.82) is 5.26 Å². The number of nitrogens with zero attached hydrogens (tertiary/aromatic N) is 3. The van der Waals surface area contributed by atoms with Crippen molar-refractivity contribution in [2.45, 2.75) is 0 Å². The Hall–Kier alpha value is -7.02. The number of hydrogen-bond donors (Lipinski definition) is 0. The second-order valence-corrected chi connectivity index (χ2v) is 12.8. The molecule has 3 nitrogen and oxygen atoms in total. The second kappa shape index (κ2) is 12.8. The van der Waals surface area contributed by atoms with Gasteiger partial charge in [-0.05, 0) is 88.0 Å². The van der Waals surface area contributed by atoms with Crippen molar-refractivity contribution < 1.29 is 0 Å². The molecule has 51 heavy (non-hydrogen) atoms. The fourth-order valence-electron chi connectivity index (χ4n) is 7.07.